The third kappa shape index (κ3) is 2.24. The zero-order valence-corrected chi connectivity index (χ0v) is 9.97. The summed E-state index contributed by atoms with van der Waals surface area (Å²) in [5.74, 6) is 1.85. The third-order valence-corrected chi connectivity index (χ3v) is 3.25. The van der Waals surface area contributed by atoms with Gasteiger partial charge >= 0.3 is 0 Å². The summed E-state index contributed by atoms with van der Waals surface area (Å²) >= 11 is 0. The molecule has 1 aromatic heterocycles. The summed E-state index contributed by atoms with van der Waals surface area (Å²) in [5, 5.41) is 18.8. The maximum atomic E-state index is 9.58. The van der Waals surface area contributed by atoms with Crippen LogP contribution < -0.4 is 0 Å². The second-order valence-corrected chi connectivity index (χ2v) is 4.72. The van der Waals surface area contributed by atoms with Crippen molar-refractivity contribution in [2.75, 3.05) is 0 Å². The minimum atomic E-state index is -0.288. The highest BCUT2D eigenvalue weighted by Gasteiger charge is 2.22. The number of rotatable bonds is 2. The average molecular weight is 245 g/mol. The van der Waals surface area contributed by atoms with Crippen LogP contribution in [0.25, 0.3) is 0 Å². The fraction of sp³-hybridized carbons (Fsp3) is 0.357. The molecule has 4 heteroatoms. The van der Waals surface area contributed by atoms with Crippen LogP contribution in [-0.4, -0.2) is 21.3 Å². The van der Waals surface area contributed by atoms with Gasteiger partial charge in [-0.15, -0.1) is 0 Å². The van der Waals surface area contributed by atoms with Crippen LogP contribution in [0.4, 0.5) is 0 Å². The van der Waals surface area contributed by atoms with E-state index in [-0.39, 0.29) is 11.9 Å². The molecule has 0 saturated carbocycles. The number of phenols is 1. The number of aromatic hydroxyl groups is 1. The van der Waals surface area contributed by atoms with Crippen LogP contribution in [-0.2, 0) is 19.3 Å². The van der Waals surface area contributed by atoms with Gasteiger partial charge in [0.1, 0.15) is 11.5 Å². The fourth-order valence-corrected chi connectivity index (χ4v) is 2.28. The summed E-state index contributed by atoms with van der Waals surface area (Å²) in [6.07, 6.45) is 2.43. The van der Waals surface area contributed by atoms with E-state index < -0.39 is 0 Å². The molecular weight excluding hydrogens is 230 g/mol. The minimum absolute atomic E-state index is 0.258. The SMILES string of the molecule is Oc1ccc(Cc2nc3c(o2)CCC(O)C3)cc1. The van der Waals surface area contributed by atoms with Gasteiger partial charge in [0.25, 0.3) is 0 Å². The highest BCUT2D eigenvalue weighted by atomic mass is 16.4. The number of fused-ring (bicyclic) bond motifs is 1. The van der Waals surface area contributed by atoms with Crippen molar-refractivity contribution in [3.8, 4) is 5.75 Å². The van der Waals surface area contributed by atoms with Crippen molar-refractivity contribution in [2.24, 2.45) is 0 Å². The molecule has 1 heterocycles. The fourth-order valence-electron chi connectivity index (χ4n) is 2.28. The Bertz CT molecular complexity index is 545. The standard InChI is InChI=1S/C14H15NO3/c16-10-3-1-9(2-4-10)7-14-15-12-8-11(17)5-6-13(12)18-14/h1-4,11,16-17H,5-8H2. The third-order valence-electron chi connectivity index (χ3n) is 3.25. The van der Waals surface area contributed by atoms with Gasteiger partial charge in [-0.05, 0) is 24.1 Å². The Morgan fingerprint density at radius 2 is 2.06 bits per heavy atom. The van der Waals surface area contributed by atoms with Gasteiger partial charge in [-0.2, -0.15) is 0 Å². The topological polar surface area (TPSA) is 66.5 Å². The van der Waals surface area contributed by atoms with Gasteiger partial charge in [0.05, 0.1) is 11.8 Å². The number of aryl methyl sites for hydroxylation is 1. The van der Waals surface area contributed by atoms with E-state index in [2.05, 4.69) is 4.98 Å². The minimum Gasteiger partial charge on any atom is -0.508 e. The Morgan fingerprint density at radius 3 is 2.83 bits per heavy atom. The van der Waals surface area contributed by atoms with Crippen LogP contribution in [0, 0.1) is 0 Å². The maximum absolute atomic E-state index is 9.58. The van der Waals surface area contributed by atoms with Crippen LogP contribution in [0.1, 0.15) is 29.3 Å². The molecule has 1 aromatic carbocycles. The van der Waals surface area contributed by atoms with E-state index in [4.69, 9.17) is 4.42 Å². The van der Waals surface area contributed by atoms with Gasteiger partial charge < -0.3 is 14.6 Å². The van der Waals surface area contributed by atoms with Crippen molar-refractivity contribution >= 4 is 0 Å². The molecule has 1 atom stereocenters. The van der Waals surface area contributed by atoms with Gasteiger partial charge in [-0.3, -0.25) is 0 Å². The lowest BCUT2D eigenvalue weighted by atomic mass is 9.99. The number of aliphatic hydroxyl groups is 1. The van der Waals surface area contributed by atoms with Crippen LogP contribution >= 0.6 is 0 Å². The van der Waals surface area contributed by atoms with E-state index in [0.717, 1.165) is 29.9 Å². The van der Waals surface area contributed by atoms with Gasteiger partial charge in [0.15, 0.2) is 5.89 Å². The summed E-state index contributed by atoms with van der Waals surface area (Å²) in [6.45, 7) is 0. The molecule has 1 unspecified atom stereocenters. The van der Waals surface area contributed by atoms with E-state index in [1.165, 1.54) is 0 Å². The largest absolute Gasteiger partial charge is 0.508 e. The highest BCUT2D eigenvalue weighted by molar-refractivity contribution is 5.28. The van der Waals surface area contributed by atoms with Crippen molar-refractivity contribution < 1.29 is 14.6 Å². The number of aromatic nitrogens is 1. The molecular formula is C14H15NO3. The van der Waals surface area contributed by atoms with Gasteiger partial charge in [0, 0.05) is 19.3 Å². The monoisotopic (exact) mass is 245 g/mol. The molecule has 2 aromatic rings. The van der Waals surface area contributed by atoms with E-state index in [1.807, 2.05) is 12.1 Å². The lowest BCUT2D eigenvalue weighted by Gasteiger charge is -2.13. The zero-order chi connectivity index (χ0) is 12.5. The molecule has 0 radical (unpaired) electrons. The predicted molar refractivity (Wildman–Crippen MR) is 65.4 cm³/mol. The number of hydrogen-bond donors (Lipinski definition) is 2. The number of oxazole rings is 1. The lowest BCUT2D eigenvalue weighted by molar-refractivity contribution is 0.153. The number of aliphatic hydroxyl groups excluding tert-OH is 1. The smallest absolute Gasteiger partial charge is 0.199 e. The zero-order valence-electron chi connectivity index (χ0n) is 9.97. The first-order valence-electron chi connectivity index (χ1n) is 6.14. The molecule has 1 aliphatic rings. The first-order valence-corrected chi connectivity index (χ1v) is 6.14. The number of benzene rings is 1. The number of phenolic OH excluding ortho intramolecular Hbond substituents is 1. The highest BCUT2D eigenvalue weighted by Crippen LogP contribution is 2.23. The van der Waals surface area contributed by atoms with Crippen molar-refractivity contribution in [2.45, 2.75) is 31.8 Å². The van der Waals surface area contributed by atoms with Crippen molar-refractivity contribution in [1.82, 2.24) is 4.98 Å². The van der Waals surface area contributed by atoms with Crippen molar-refractivity contribution in [3.05, 3.63) is 47.2 Å². The molecule has 0 aliphatic heterocycles. The first kappa shape index (κ1) is 11.3. The lowest BCUT2D eigenvalue weighted by Crippen LogP contribution is -2.17. The van der Waals surface area contributed by atoms with Gasteiger partial charge in [0.2, 0.25) is 0 Å². The quantitative estimate of drug-likeness (QED) is 0.847. The molecule has 2 N–H and O–H groups in total. The Kier molecular flexibility index (Phi) is 2.80. The van der Waals surface area contributed by atoms with Gasteiger partial charge in [-0.25, -0.2) is 4.98 Å². The number of hydrogen-bond acceptors (Lipinski definition) is 4. The van der Waals surface area contributed by atoms with Gasteiger partial charge in [-0.1, -0.05) is 12.1 Å². The molecule has 3 rings (SSSR count). The summed E-state index contributed by atoms with van der Waals surface area (Å²) < 4.78 is 5.70. The first-order chi connectivity index (χ1) is 8.70. The summed E-state index contributed by atoms with van der Waals surface area (Å²) in [5.41, 5.74) is 1.94. The maximum Gasteiger partial charge on any atom is 0.199 e. The Labute approximate surface area is 105 Å². The van der Waals surface area contributed by atoms with E-state index in [9.17, 15) is 10.2 Å². The van der Waals surface area contributed by atoms with E-state index >= 15 is 0 Å². The predicted octanol–water partition coefficient (Wildman–Crippen LogP) is 1.82. The Morgan fingerprint density at radius 1 is 1.28 bits per heavy atom. The van der Waals surface area contributed by atoms with Crippen LogP contribution in [0.5, 0.6) is 5.75 Å². The molecule has 94 valence electrons. The normalized spacial score (nSPS) is 18.6. The average Bonchev–Trinajstić information content (AvgIpc) is 2.73. The molecule has 0 bridgehead atoms. The Balaban J connectivity index is 1.79. The van der Waals surface area contributed by atoms with E-state index in [0.29, 0.717) is 18.7 Å². The van der Waals surface area contributed by atoms with Crippen LogP contribution in [0.3, 0.4) is 0 Å². The number of nitrogens with zero attached hydrogens (tertiary/aromatic N) is 1. The summed E-state index contributed by atoms with van der Waals surface area (Å²) in [4.78, 5) is 4.43. The van der Waals surface area contributed by atoms with E-state index in [1.54, 1.807) is 12.1 Å². The molecule has 0 amide bonds. The summed E-state index contributed by atoms with van der Waals surface area (Å²) in [6, 6.07) is 7.02. The molecule has 0 saturated heterocycles. The summed E-state index contributed by atoms with van der Waals surface area (Å²) in [7, 11) is 0. The molecule has 1 aliphatic carbocycles. The Hall–Kier alpha value is -1.81. The molecule has 18 heavy (non-hydrogen) atoms. The van der Waals surface area contributed by atoms with Crippen molar-refractivity contribution in [3.63, 3.8) is 0 Å². The van der Waals surface area contributed by atoms with Crippen molar-refractivity contribution in [1.29, 1.82) is 0 Å². The molecule has 4 nitrogen and oxygen atoms in total. The molecule has 0 spiro atoms. The second kappa shape index (κ2) is 4.46. The van der Waals surface area contributed by atoms with Crippen LogP contribution in [0.2, 0.25) is 0 Å². The van der Waals surface area contributed by atoms with Crippen LogP contribution in [0.15, 0.2) is 28.7 Å². The second-order valence-electron chi connectivity index (χ2n) is 4.72. The molecule has 0 fully saturated rings.